The van der Waals surface area contributed by atoms with Gasteiger partial charge >= 0.3 is 0 Å². The van der Waals surface area contributed by atoms with Crippen molar-refractivity contribution < 1.29 is 8.78 Å². The van der Waals surface area contributed by atoms with Crippen molar-refractivity contribution in [3.8, 4) is 11.1 Å². The Morgan fingerprint density at radius 1 is 1.05 bits per heavy atom. The van der Waals surface area contributed by atoms with Gasteiger partial charge in [-0.2, -0.15) is 0 Å². The molecule has 2 aromatic carbocycles. The minimum atomic E-state index is -0.270. The van der Waals surface area contributed by atoms with Crippen LogP contribution in [0.25, 0.3) is 22.0 Å². The fourth-order valence-electron chi connectivity index (χ4n) is 3.28. The SMILES string of the molecule is CC1Cc2[nH]c3c(F)ccc(-c4ccc(F)cc4)c3c2CN1. The molecule has 1 aliphatic rings. The maximum absolute atomic E-state index is 14.2. The highest BCUT2D eigenvalue weighted by molar-refractivity contribution is 5.99. The summed E-state index contributed by atoms with van der Waals surface area (Å²) in [6, 6.07) is 9.96. The molecule has 2 heterocycles. The number of benzene rings is 2. The van der Waals surface area contributed by atoms with E-state index in [4.69, 9.17) is 0 Å². The first kappa shape index (κ1) is 13.5. The van der Waals surface area contributed by atoms with Crippen molar-refractivity contribution in [3.63, 3.8) is 0 Å². The van der Waals surface area contributed by atoms with Gasteiger partial charge in [-0.3, -0.25) is 0 Å². The van der Waals surface area contributed by atoms with Crippen LogP contribution in [0.3, 0.4) is 0 Å². The minimum absolute atomic E-state index is 0.247. The molecule has 0 saturated heterocycles. The summed E-state index contributed by atoms with van der Waals surface area (Å²) in [5.74, 6) is -0.517. The van der Waals surface area contributed by atoms with Crippen LogP contribution in [0.4, 0.5) is 8.78 Å². The largest absolute Gasteiger partial charge is 0.356 e. The van der Waals surface area contributed by atoms with Crippen LogP contribution in [-0.4, -0.2) is 11.0 Å². The summed E-state index contributed by atoms with van der Waals surface area (Å²) in [5.41, 5.74) is 4.58. The van der Waals surface area contributed by atoms with Gasteiger partial charge in [0.25, 0.3) is 0 Å². The van der Waals surface area contributed by atoms with Gasteiger partial charge in [0, 0.05) is 30.1 Å². The van der Waals surface area contributed by atoms with Gasteiger partial charge in [-0.15, -0.1) is 0 Å². The molecule has 1 atom stereocenters. The van der Waals surface area contributed by atoms with Crippen molar-refractivity contribution in [1.29, 1.82) is 0 Å². The molecule has 0 bridgehead atoms. The monoisotopic (exact) mass is 298 g/mol. The number of hydrogen-bond acceptors (Lipinski definition) is 1. The van der Waals surface area contributed by atoms with E-state index in [1.54, 1.807) is 18.2 Å². The van der Waals surface area contributed by atoms with Gasteiger partial charge in [0.05, 0.1) is 5.52 Å². The number of aromatic nitrogens is 1. The van der Waals surface area contributed by atoms with E-state index < -0.39 is 0 Å². The molecule has 0 amide bonds. The van der Waals surface area contributed by atoms with E-state index in [1.807, 2.05) is 0 Å². The van der Waals surface area contributed by atoms with Crippen LogP contribution in [0.1, 0.15) is 18.2 Å². The Hall–Kier alpha value is -2.20. The van der Waals surface area contributed by atoms with Crippen LogP contribution >= 0.6 is 0 Å². The number of fused-ring (bicyclic) bond motifs is 3. The Labute approximate surface area is 127 Å². The molecule has 3 aromatic rings. The molecule has 22 heavy (non-hydrogen) atoms. The van der Waals surface area contributed by atoms with Crippen LogP contribution in [-0.2, 0) is 13.0 Å². The highest BCUT2D eigenvalue weighted by Crippen LogP contribution is 2.36. The molecule has 1 unspecified atom stereocenters. The quantitative estimate of drug-likeness (QED) is 0.694. The Morgan fingerprint density at radius 2 is 1.82 bits per heavy atom. The minimum Gasteiger partial charge on any atom is -0.356 e. The molecule has 0 spiro atoms. The number of H-pyrrole nitrogens is 1. The van der Waals surface area contributed by atoms with Crippen molar-refractivity contribution in [3.05, 3.63) is 59.3 Å². The third-order valence-electron chi connectivity index (χ3n) is 4.39. The van der Waals surface area contributed by atoms with E-state index >= 15 is 0 Å². The van der Waals surface area contributed by atoms with Gasteiger partial charge in [0.15, 0.2) is 0 Å². The Balaban J connectivity index is 1.99. The molecule has 4 rings (SSSR count). The lowest BCUT2D eigenvalue weighted by atomic mass is 9.95. The highest BCUT2D eigenvalue weighted by Gasteiger charge is 2.22. The van der Waals surface area contributed by atoms with Crippen molar-refractivity contribution in [2.45, 2.75) is 25.9 Å². The second-order valence-electron chi connectivity index (χ2n) is 5.92. The van der Waals surface area contributed by atoms with Gasteiger partial charge < -0.3 is 10.3 Å². The fourth-order valence-corrected chi connectivity index (χ4v) is 3.28. The average Bonchev–Trinajstić information content (AvgIpc) is 2.88. The maximum Gasteiger partial charge on any atom is 0.147 e. The smallest absolute Gasteiger partial charge is 0.147 e. The van der Waals surface area contributed by atoms with Gasteiger partial charge in [-0.05, 0) is 41.8 Å². The molecule has 0 aliphatic carbocycles. The molecule has 1 aliphatic heterocycles. The average molecular weight is 298 g/mol. The van der Waals surface area contributed by atoms with Crippen molar-refractivity contribution in [2.24, 2.45) is 0 Å². The molecule has 2 N–H and O–H groups in total. The standard InChI is InChI=1S/C18H16F2N2/c1-10-8-16-14(9-21-10)17-13(6-7-15(20)18(17)22-16)11-2-4-12(19)5-3-11/h2-7,10,21-22H,8-9H2,1H3. The number of nitrogens with one attached hydrogen (secondary N) is 2. The number of hydrogen-bond donors (Lipinski definition) is 2. The molecule has 0 saturated carbocycles. The summed E-state index contributed by atoms with van der Waals surface area (Å²) in [4.78, 5) is 3.25. The molecule has 1 aromatic heterocycles. The molecule has 4 heteroatoms. The number of halogens is 2. The predicted molar refractivity (Wildman–Crippen MR) is 83.7 cm³/mol. The summed E-state index contributed by atoms with van der Waals surface area (Å²) in [7, 11) is 0. The predicted octanol–water partition coefficient (Wildman–Crippen LogP) is 4.15. The van der Waals surface area contributed by atoms with E-state index in [1.165, 1.54) is 18.2 Å². The molecular formula is C18H16F2N2. The zero-order chi connectivity index (χ0) is 15.3. The van der Waals surface area contributed by atoms with Gasteiger partial charge in [0.2, 0.25) is 0 Å². The first-order valence-electron chi connectivity index (χ1n) is 7.44. The molecular weight excluding hydrogens is 282 g/mol. The first-order chi connectivity index (χ1) is 10.6. The summed E-state index contributed by atoms with van der Waals surface area (Å²) in [6.07, 6.45) is 0.853. The normalized spacial score (nSPS) is 17.7. The zero-order valence-electron chi connectivity index (χ0n) is 12.2. The molecule has 0 radical (unpaired) electrons. The summed E-state index contributed by atoms with van der Waals surface area (Å²) in [6.45, 7) is 2.83. The Bertz CT molecular complexity index is 850. The van der Waals surface area contributed by atoms with Crippen LogP contribution in [0.2, 0.25) is 0 Å². The maximum atomic E-state index is 14.2. The van der Waals surface area contributed by atoms with E-state index in [2.05, 4.69) is 17.2 Å². The van der Waals surface area contributed by atoms with Crippen LogP contribution in [0, 0.1) is 11.6 Å². The number of rotatable bonds is 1. The summed E-state index contributed by atoms with van der Waals surface area (Å²) >= 11 is 0. The Morgan fingerprint density at radius 3 is 2.59 bits per heavy atom. The molecule has 0 fully saturated rings. The Kier molecular flexibility index (Phi) is 3.01. The lowest BCUT2D eigenvalue weighted by Gasteiger charge is -2.20. The van der Waals surface area contributed by atoms with Crippen LogP contribution < -0.4 is 5.32 Å². The topological polar surface area (TPSA) is 27.8 Å². The zero-order valence-corrected chi connectivity index (χ0v) is 12.2. The van der Waals surface area contributed by atoms with E-state index in [-0.39, 0.29) is 11.6 Å². The second kappa shape index (κ2) is 4.92. The van der Waals surface area contributed by atoms with E-state index in [0.717, 1.165) is 34.2 Å². The van der Waals surface area contributed by atoms with Crippen LogP contribution in [0.5, 0.6) is 0 Å². The van der Waals surface area contributed by atoms with Gasteiger partial charge in [-0.1, -0.05) is 18.2 Å². The third kappa shape index (κ3) is 2.03. The van der Waals surface area contributed by atoms with Gasteiger partial charge in [-0.25, -0.2) is 8.78 Å². The van der Waals surface area contributed by atoms with Crippen molar-refractivity contribution in [1.82, 2.24) is 10.3 Å². The van der Waals surface area contributed by atoms with Crippen molar-refractivity contribution >= 4 is 10.9 Å². The van der Waals surface area contributed by atoms with E-state index in [9.17, 15) is 8.78 Å². The third-order valence-corrected chi connectivity index (χ3v) is 4.39. The lowest BCUT2D eigenvalue weighted by molar-refractivity contribution is 0.511. The first-order valence-corrected chi connectivity index (χ1v) is 7.44. The summed E-state index contributed by atoms with van der Waals surface area (Å²) < 4.78 is 27.4. The van der Waals surface area contributed by atoms with E-state index in [0.29, 0.717) is 18.1 Å². The van der Waals surface area contributed by atoms with Crippen molar-refractivity contribution in [2.75, 3.05) is 0 Å². The van der Waals surface area contributed by atoms with Gasteiger partial charge in [0.1, 0.15) is 11.6 Å². The second-order valence-corrected chi connectivity index (χ2v) is 5.92. The fraction of sp³-hybridized carbons (Fsp3) is 0.222. The van der Waals surface area contributed by atoms with Crippen LogP contribution in [0.15, 0.2) is 36.4 Å². The molecule has 112 valence electrons. The lowest BCUT2D eigenvalue weighted by Crippen LogP contribution is -2.32. The molecule has 2 nitrogen and oxygen atoms in total. The highest BCUT2D eigenvalue weighted by atomic mass is 19.1. The number of aromatic amines is 1. The summed E-state index contributed by atoms with van der Waals surface area (Å²) in [5, 5.41) is 4.32.